The van der Waals surface area contributed by atoms with Crippen molar-refractivity contribution in [1.82, 2.24) is 15.0 Å². The van der Waals surface area contributed by atoms with Crippen molar-refractivity contribution < 1.29 is 17.9 Å². The van der Waals surface area contributed by atoms with E-state index in [4.69, 9.17) is 4.74 Å². The standard InChI is InChI=1S/C22H23F3N4O/c1-13-15(6-4-7-17(13)22(23,24)25)14(2)29-20-16-10-19(30-21(3)8-5-9-21)26-11-18(16)27-12-28-20/h4,6-7,10-12,14H,5,8-9H2,1-3H3,(H,27,28,29)/t14-/m1/s1. The maximum atomic E-state index is 13.3. The lowest BCUT2D eigenvalue weighted by Crippen LogP contribution is -2.39. The number of nitrogens with zero attached hydrogens (tertiary/aromatic N) is 3. The number of fused-ring (bicyclic) bond motifs is 1. The van der Waals surface area contributed by atoms with Crippen molar-refractivity contribution in [2.45, 2.75) is 57.9 Å². The summed E-state index contributed by atoms with van der Waals surface area (Å²) >= 11 is 0. The number of alkyl halides is 3. The molecule has 0 aliphatic heterocycles. The molecule has 1 fully saturated rings. The summed E-state index contributed by atoms with van der Waals surface area (Å²) in [6.45, 7) is 5.36. The average molecular weight is 416 g/mol. The van der Waals surface area contributed by atoms with Gasteiger partial charge in [0.25, 0.3) is 0 Å². The molecule has 5 nitrogen and oxygen atoms in total. The molecule has 1 aliphatic rings. The minimum atomic E-state index is -4.39. The van der Waals surface area contributed by atoms with Crippen LogP contribution in [0.4, 0.5) is 19.0 Å². The van der Waals surface area contributed by atoms with Gasteiger partial charge in [-0.05, 0) is 57.2 Å². The molecule has 0 amide bonds. The van der Waals surface area contributed by atoms with Gasteiger partial charge in [0.05, 0.1) is 23.3 Å². The maximum Gasteiger partial charge on any atom is 0.416 e. The van der Waals surface area contributed by atoms with Crippen molar-refractivity contribution in [3.63, 3.8) is 0 Å². The van der Waals surface area contributed by atoms with Crippen molar-refractivity contribution in [1.29, 1.82) is 0 Å². The minimum Gasteiger partial charge on any atom is -0.471 e. The molecule has 2 aromatic heterocycles. The molecule has 1 aromatic carbocycles. The van der Waals surface area contributed by atoms with Crippen LogP contribution in [0.3, 0.4) is 0 Å². The SMILES string of the molecule is Cc1c([C@@H](C)Nc2ncnc3cnc(OC4(C)CCC4)cc23)cccc1C(F)(F)F. The molecular weight excluding hydrogens is 393 g/mol. The van der Waals surface area contributed by atoms with Crippen LogP contribution in [0.2, 0.25) is 0 Å². The maximum absolute atomic E-state index is 13.3. The Kier molecular flexibility index (Phi) is 5.03. The molecule has 8 heteroatoms. The largest absolute Gasteiger partial charge is 0.471 e. The fourth-order valence-electron chi connectivity index (χ4n) is 3.85. The molecule has 0 bridgehead atoms. The first kappa shape index (κ1) is 20.4. The third kappa shape index (κ3) is 3.91. The van der Waals surface area contributed by atoms with Crippen molar-refractivity contribution in [2.24, 2.45) is 0 Å². The number of rotatable bonds is 5. The normalized spacial score (nSPS) is 16.7. The molecule has 0 radical (unpaired) electrons. The molecule has 1 atom stereocenters. The Labute approximate surface area is 172 Å². The van der Waals surface area contributed by atoms with Gasteiger partial charge >= 0.3 is 6.18 Å². The molecule has 0 saturated heterocycles. The Hall–Kier alpha value is -2.90. The lowest BCUT2D eigenvalue weighted by molar-refractivity contribution is -0.138. The Bertz CT molecular complexity index is 1080. The van der Waals surface area contributed by atoms with E-state index in [1.54, 1.807) is 18.3 Å². The number of hydrogen-bond acceptors (Lipinski definition) is 5. The number of ether oxygens (including phenoxy) is 1. The number of pyridine rings is 1. The van der Waals surface area contributed by atoms with Crippen molar-refractivity contribution in [3.05, 3.63) is 53.5 Å². The van der Waals surface area contributed by atoms with Gasteiger partial charge < -0.3 is 10.1 Å². The van der Waals surface area contributed by atoms with E-state index in [1.807, 2.05) is 6.92 Å². The van der Waals surface area contributed by atoms with Gasteiger partial charge in [-0.1, -0.05) is 12.1 Å². The highest BCUT2D eigenvalue weighted by atomic mass is 19.4. The number of aromatic nitrogens is 3. The summed E-state index contributed by atoms with van der Waals surface area (Å²) in [7, 11) is 0. The van der Waals surface area contributed by atoms with E-state index >= 15 is 0 Å². The van der Waals surface area contributed by atoms with Crippen molar-refractivity contribution in [2.75, 3.05) is 5.32 Å². The van der Waals surface area contributed by atoms with Crippen LogP contribution in [0.1, 0.15) is 55.8 Å². The monoisotopic (exact) mass is 416 g/mol. The van der Waals surface area contributed by atoms with Crippen LogP contribution in [0, 0.1) is 6.92 Å². The van der Waals surface area contributed by atoms with Crippen LogP contribution in [0.15, 0.2) is 36.8 Å². The Morgan fingerprint density at radius 2 is 1.93 bits per heavy atom. The second-order valence-electron chi connectivity index (χ2n) is 8.05. The minimum absolute atomic E-state index is 0.201. The first-order valence-corrected chi connectivity index (χ1v) is 9.89. The van der Waals surface area contributed by atoms with Crippen LogP contribution < -0.4 is 10.1 Å². The van der Waals surface area contributed by atoms with E-state index in [2.05, 4.69) is 27.2 Å². The van der Waals surface area contributed by atoms with Crippen LogP contribution in [0.25, 0.3) is 10.9 Å². The van der Waals surface area contributed by atoms with E-state index in [-0.39, 0.29) is 11.2 Å². The van der Waals surface area contributed by atoms with E-state index in [0.29, 0.717) is 28.2 Å². The van der Waals surface area contributed by atoms with E-state index < -0.39 is 17.8 Å². The molecule has 1 aliphatic carbocycles. The number of nitrogens with one attached hydrogen (secondary N) is 1. The number of benzene rings is 1. The van der Waals surface area contributed by atoms with Gasteiger partial charge in [-0.2, -0.15) is 13.2 Å². The van der Waals surface area contributed by atoms with Gasteiger partial charge in [0.2, 0.25) is 5.88 Å². The highest BCUT2D eigenvalue weighted by Gasteiger charge is 2.35. The van der Waals surface area contributed by atoms with Crippen LogP contribution in [0.5, 0.6) is 5.88 Å². The molecule has 4 rings (SSSR count). The van der Waals surface area contributed by atoms with Gasteiger partial charge in [0, 0.05) is 11.5 Å². The zero-order valence-electron chi connectivity index (χ0n) is 17.0. The van der Waals surface area contributed by atoms with Crippen molar-refractivity contribution in [3.8, 4) is 5.88 Å². The zero-order chi connectivity index (χ0) is 21.5. The highest BCUT2D eigenvalue weighted by molar-refractivity contribution is 5.89. The second-order valence-corrected chi connectivity index (χ2v) is 8.05. The van der Waals surface area contributed by atoms with Crippen LogP contribution >= 0.6 is 0 Å². The third-order valence-corrected chi connectivity index (χ3v) is 5.76. The molecule has 1 N–H and O–H groups in total. The smallest absolute Gasteiger partial charge is 0.416 e. The molecule has 0 spiro atoms. The number of halogens is 3. The highest BCUT2D eigenvalue weighted by Crippen LogP contribution is 2.37. The average Bonchev–Trinajstić information content (AvgIpc) is 2.66. The first-order chi connectivity index (χ1) is 14.2. The fourth-order valence-corrected chi connectivity index (χ4v) is 3.85. The number of hydrogen-bond donors (Lipinski definition) is 1. The zero-order valence-corrected chi connectivity index (χ0v) is 17.0. The van der Waals surface area contributed by atoms with Crippen molar-refractivity contribution >= 4 is 16.7 Å². The fraction of sp³-hybridized carbons (Fsp3) is 0.409. The second kappa shape index (κ2) is 7.41. The molecular formula is C22H23F3N4O. The summed E-state index contributed by atoms with van der Waals surface area (Å²) in [6.07, 6.45) is 1.74. The Balaban J connectivity index is 1.65. The molecule has 2 heterocycles. The van der Waals surface area contributed by atoms with Gasteiger partial charge in [0.15, 0.2) is 0 Å². The molecule has 3 aromatic rings. The Morgan fingerprint density at radius 1 is 1.17 bits per heavy atom. The van der Waals surface area contributed by atoms with E-state index in [9.17, 15) is 13.2 Å². The summed E-state index contributed by atoms with van der Waals surface area (Å²) in [5.41, 5.74) is 0.559. The number of anilines is 1. The summed E-state index contributed by atoms with van der Waals surface area (Å²) in [5.74, 6) is 1.01. The van der Waals surface area contributed by atoms with Gasteiger partial charge in [-0.15, -0.1) is 0 Å². The third-order valence-electron chi connectivity index (χ3n) is 5.76. The lowest BCUT2D eigenvalue weighted by atomic mass is 9.82. The molecule has 158 valence electrons. The lowest BCUT2D eigenvalue weighted by Gasteiger charge is -2.38. The summed E-state index contributed by atoms with van der Waals surface area (Å²) < 4.78 is 45.9. The summed E-state index contributed by atoms with van der Waals surface area (Å²) in [4.78, 5) is 12.9. The van der Waals surface area contributed by atoms with Gasteiger partial charge in [0.1, 0.15) is 17.7 Å². The van der Waals surface area contributed by atoms with Crippen LogP contribution in [-0.4, -0.2) is 20.6 Å². The topological polar surface area (TPSA) is 59.9 Å². The first-order valence-electron chi connectivity index (χ1n) is 9.89. The summed E-state index contributed by atoms with van der Waals surface area (Å²) in [5, 5.41) is 3.95. The van der Waals surface area contributed by atoms with Gasteiger partial charge in [-0.3, -0.25) is 0 Å². The van der Waals surface area contributed by atoms with Gasteiger partial charge in [-0.25, -0.2) is 15.0 Å². The quantitative estimate of drug-likeness (QED) is 0.566. The summed E-state index contributed by atoms with van der Waals surface area (Å²) in [6, 6.07) is 5.61. The van der Waals surface area contributed by atoms with Crippen LogP contribution in [-0.2, 0) is 6.18 Å². The molecule has 30 heavy (non-hydrogen) atoms. The molecule has 1 saturated carbocycles. The Morgan fingerprint density at radius 3 is 2.60 bits per heavy atom. The predicted octanol–water partition coefficient (Wildman–Crippen LogP) is 5.85. The molecule has 0 unspecified atom stereocenters. The van der Waals surface area contributed by atoms with E-state index in [1.165, 1.54) is 19.3 Å². The van der Waals surface area contributed by atoms with E-state index in [0.717, 1.165) is 25.3 Å². The predicted molar refractivity (Wildman–Crippen MR) is 108 cm³/mol.